The molecule has 0 aliphatic carbocycles. The Kier molecular flexibility index (Phi) is 6.39. The number of piperazine rings is 1. The predicted octanol–water partition coefficient (Wildman–Crippen LogP) is 2.17. The Balaban J connectivity index is 1.59. The van der Waals surface area contributed by atoms with Gasteiger partial charge in [-0.3, -0.25) is 19.9 Å². The Morgan fingerprint density at radius 1 is 0.974 bits per heavy atom. The number of aliphatic imine (C=N–C) groups is 2. The molecule has 2 fully saturated rings. The van der Waals surface area contributed by atoms with Crippen LogP contribution in [0.5, 0.6) is 0 Å². The third-order valence-electron chi connectivity index (χ3n) is 7.95. The smallest absolute Gasteiger partial charge is 0.197 e. The van der Waals surface area contributed by atoms with Crippen LogP contribution in [0, 0.1) is 0 Å². The maximum Gasteiger partial charge on any atom is 0.197 e. The van der Waals surface area contributed by atoms with Gasteiger partial charge in [0.1, 0.15) is 23.1 Å². The molecule has 11 nitrogen and oxygen atoms in total. The molecule has 0 saturated carbocycles. The molecule has 0 spiro atoms. The van der Waals surface area contributed by atoms with Gasteiger partial charge in [0.15, 0.2) is 5.66 Å². The highest BCUT2D eigenvalue weighted by atomic mass is 15.7. The van der Waals surface area contributed by atoms with Crippen LogP contribution in [0.1, 0.15) is 36.3 Å². The van der Waals surface area contributed by atoms with Crippen LogP contribution in [0.15, 0.2) is 76.8 Å². The summed E-state index contributed by atoms with van der Waals surface area (Å²) in [6.45, 7) is 5.31. The highest BCUT2D eigenvalue weighted by Crippen LogP contribution is 2.48. The quantitative estimate of drug-likeness (QED) is 0.453. The van der Waals surface area contributed by atoms with Gasteiger partial charge in [0.05, 0.1) is 23.3 Å². The molecule has 4 aliphatic heterocycles. The zero-order chi connectivity index (χ0) is 26.1. The van der Waals surface area contributed by atoms with Crippen molar-refractivity contribution < 1.29 is 0 Å². The van der Waals surface area contributed by atoms with Gasteiger partial charge >= 0.3 is 0 Å². The Morgan fingerprint density at radius 2 is 1.87 bits per heavy atom. The molecule has 0 aromatic carbocycles. The van der Waals surface area contributed by atoms with Crippen molar-refractivity contribution in [3.8, 4) is 0 Å². The zero-order valence-electron chi connectivity index (χ0n) is 21.9. The van der Waals surface area contributed by atoms with E-state index in [0.717, 1.165) is 80.6 Å². The molecule has 3 aromatic heterocycles. The lowest BCUT2D eigenvalue weighted by Crippen LogP contribution is -2.70. The number of aromatic amines is 2. The second-order valence-corrected chi connectivity index (χ2v) is 10.2. The number of hydrazine groups is 1. The second-order valence-electron chi connectivity index (χ2n) is 10.2. The van der Waals surface area contributed by atoms with Crippen molar-refractivity contribution in [2.45, 2.75) is 31.0 Å². The van der Waals surface area contributed by atoms with Gasteiger partial charge in [-0.15, -0.1) is 0 Å². The minimum absolute atomic E-state index is 0.210. The number of pyridine rings is 1. The molecule has 2 saturated heterocycles. The minimum atomic E-state index is -0.841. The largest absolute Gasteiger partial charge is 0.360 e. The first-order valence-corrected chi connectivity index (χ1v) is 13.8. The number of nitrogens with zero attached hydrogens (tertiary/aromatic N) is 8. The summed E-state index contributed by atoms with van der Waals surface area (Å²) in [4.78, 5) is 21.4. The number of H-pyrrole nitrogens is 2. The van der Waals surface area contributed by atoms with E-state index in [1.807, 2.05) is 36.8 Å². The first kappa shape index (κ1) is 24.1. The van der Waals surface area contributed by atoms with E-state index in [-0.39, 0.29) is 6.04 Å². The Labute approximate surface area is 227 Å². The van der Waals surface area contributed by atoms with Gasteiger partial charge in [-0.2, -0.15) is 15.4 Å². The van der Waals surface area contributed by atoms with Crippen molar-refractivity contribution in [1.82, 2.24) is 45.6 Å². The van der Waals surface area contributed by atoms with E-state index < -0.39 is 5.66 Å². The molecule has 3 N–H and O–H groups in total. The van der Waals surface area contributed by atoms with Gasteiger partial charge in [-0.05, 0) is 43.2 Å². The SMILES string of the molecule is C1=CC(C2=C(c3ccc[nH]3)N(N3CCNCC3)C(c3ccccn3)(N3CCCCC3)C(c3cn[nH]n3)=N2)N=C1. The molecule has 2 atom stereocenters. The molecule has 4 aliphatic rings. The van der Waals surface area contributed by atoms with Crippen molar-refractivity contribution in [1.29, 1.82) is 0 Å². The highest BCUT2D eigenvalue weighted by molar-refractivity contribution is 6.08. The molecule has 39 heavy (non-hydrogen) atoms. The molecule has 7 rings (SSSR count). The maximum absolute atomic E-state index is 5.52. The number of likely N-dealkylation sites (tertiary alicyclic amines) is 1. The normalized spacial score (nSPS) is 26.4. The van der Waals surface area contributed by atoms with Crippen LogP contribution in [-0.2, 0) is 5.66 Å². The van der Waals surface area contributed by atoms with Crippen LogP contribution in [0.3, 0.4) is 0 Å². The average molecular weight is 524 g/mol. The number of piperidine rings is 1. The standard InChI is InChI=1S/C28H33N11/c1-4-16-37(17-5-1)28(24-10-2-3-11-32-24)27(23-20-33-36-35-23)34-25(21-8-6-12-30-21)26(22-9-7-13-31-22)39(28)38-18-14-29-15-19-38/h2-3,6-13,20-21,29,31H,1,4-5,14-19H2,(H,33,35,36). The van der Waals surface area contributed by atoms with E-state index in [1.165, 1.54) is 6.42 Å². The fraction of sp³-hybridized carbons (Fsp3) is 0.393. The average Bonchev–Trinajstić information content (AvgIpc) is 3.82. The van der Waals surface area contributed by atoms with E-state index in [0.29, 0.717) is 5.69 Å². The number of rotatable bonds is 6. The Hall–Kier alpha value is -3.93. The molecule has 11 heteroatoms. The molecule has 2 unspecified atom stereocenters. The summed E-state index contributed by atoms with van der Waals surface area (Å²) < 4.78 is 0. The van der Waals surface area contributed by atoms with Crippen LogP contribution in [0.4, 0.5) is 0 Å². The number of aromatic nitrogens is 5. The number of hydrogen-bond donors (Lipinski definition) is 3. The summed E-state index contributed by atoms with van der Waals surface area (Å²) in [5.41, 5.74) is 4.49. The van der Waals surface area contributed by atoms with Crippen LogP contribution >= 0.6 is 0 Å². The van der Waals surface area contributed by atoms with E-state index in [2.05, 4.69) is 64.9 Å². The lowest BCUT2D eigenvalue weighted by Gasteiger charge is -2.58. The Bertz CT molecular complexity index is 1370. The molecule has 0 radical (unpaired) electrons. The summed E-state index contributed by atoms with van der Waals surface area (Å²) >= 11 is 0. The van der Waals surface area contributed by atoms with E-state index in [4.69, 9.17) is 15.0 Å². The van der Waals surface area contributed by atoms with Gasteiger partial charge in [0.2, 0.25) is 0 Å². The van der Waals surface area contributed by atoms with Crippen molar-refractivity contribution >= 4 is 17.6 Å². The second kappa shape index (κ2) is 10.3. The molecule has 0 amide bonds. The van der Waals surface area contributed by atoms with Gasteiger partial charge in [-0.25, -0.2) is 10.0 Å². The van der Waals surface area contributed by atoms with Crippen molar-refractivity contribution in [2.75, 3.05) is 39.3 Å². The first-order chi connectivity index (χ1) is 19.4. The third kappa shape index (κ3) is 4.05. The number of allylic oxidation sites excluding steroid dienone is 1. The Morgan fingerprint density at radius 3 is 2.56 bits per heavy atom. The van der Waals surface area contributed by atoms with E-state index in [9.17, 15) is 0 Å². The number of hydrogen-bond acceptors (Lipinski definition) is 9. The predicted molar refractivity (Wildman–Crippen MR) is 150 cm³/mol. The molecule has 7 heterocycles. The molecule has 0 bridgehead atoms. The van der Waals surface area contributed by atoms with Crippen molar-refractivity contribution in [2.24, 2.45) is 9.98 Å². The van der Waals surface area contributed by atoms with Gasteiger partial charge in [-0.1, -0.05) is 18.6 Å². The highest BCUT2D eigenvalue weighted by Gasteiger charge is 2.57. The summed E-state index contributed by atoms with van der Waals surface area (Å²) in [6.07, 6.45) is 15.0. The molecular formula is C28H33N11. The van der Waals surface area contributed by atoms with Crippen molar-refractivity contribution in [3.05, 3.63) is 83.9 Å². The lowest BCUT2D eigenvalue weighted by atomic mass is 9.87. The van der Waals surface area contributed by atoms with Gasteiger partial charge in [0, 0.05) is 57.9 Å². The monoisotopic (exact) mass is 523 g/mol. The topological polar surface area (TPSA) is 117 Å². The summed E-state index contributed by atoms with van der Waals surface area (Å²) in [5, 5.41) is 20.2. The molecule has 3 aromatic rings. The van der Waals surface area contributed by atoms with Crippen LogP contribution in [0.2, 0.25) is 0 Å². The zero-order valence-corrected chi connectivity index (χ0v) is 21.9. The molecular weight excluding hydrogens is 490 g/mol. The minimum Gasteiger partial charge on any atom is -0.360 e. The summed E-state index contributed by atoms with van der Waals surface area (Å²) in [7, 11) is 0. The fourth-order valence-corrected chi connectivity index (χ4v) is 6.28. The van der Waals surface area contributed by atoms with Gasteiger partial charge < -0.3 is 10.3 Å². The van der Waals surface area contributed by atoms with E-state index >= 15 is 0 Å². The third-order valence-corrected chi connectivity index (χ3v) is 7.95. The lowest BCUT2D eigenvalue weighted by molar-refractivity contribution is -0.118. The van der Waals surface area contributed by atoms with Crippen molar-refractivity contribution in [3.63, 3.8) is 0 Å². The maximum atomic E-state index is 5.52. The number of nitrogens with one attached hydrogen (secondary N) is 3. The molecule has 200 valence electrons. The summed E-state index contributed by atoms with van der Waals surface area (Å²) in [6, 6.07) is 10.1. The fourth-order valence-electron chi connectivity index (χ4n) is 6.28. The summed E-state index contributed by atoms with van der Waals surface area (Å²) in [5.74, 6) is 0. The van der Waals surface area contributed by atoms with Crippen LogP contribution in [0.25, 0.3) is 5.70 Å². The van der Waals surface area contributed by atoms with Gasteiger partial charge in [0.25, 0.3) is 0 Å². The van der Waals surface area contributed by atoms with E-state index in [1.54, 1.807) is 6.20 Å². The van der Waals surface area contributed by atoms with Crippen LogP contribution < -0.4 is 5.32 Å². The van der Waals surface area contributed by atoms with Crippen LogP contribution in [-0.4, -0.2) is 97.5 Å². The first-order valence-electron chi connectivity index (χ1n) is 13.8.